The molecule has 0 radical (unpaired) electrons. The molecular weight excluding hydrogens is 370 g/mol. The fraction of sp³-hybridized carbons (Fsp3) is 0.900. The number of rotatable bonds is 7. The molecule has 9 nitrogen and oxygen atoms in total. The standard InChI is InChI=1S/C20H35N7O2/c1-2-18(28)26-10-5-8-20(16-26,21-9-11-25-12-14-29-15-13-25)19-22-23-24-27(19)17-6-3-4-7-17/h17,21H,2-16H2,1H3/t20-/m0/s1. The number of ether oxygens (including phenoxy) is 1. The number of carbonyl (C=O) groups excluding carboxylic acids is 1. The molecule has 4 rings (SSSR count). The first-order chi connectivity index (χ1) is 14.2. The van der Waals surface area contributed by atoms with Crippen LogP contribution in [0.3, 0.4) is 0 Å². The van der Waals surface area contributed by atoms with E-state index in [1.807, 2.05) is 11.8 Å². The lowest BCUT2D eigenvalue weighted by Crippen LogP contribution is -2.58. The molecule has 1 aromatic heterocycles. The third-order valence-corrected chi connectivity index (χ3v) is 6.73. The van der Waals surface area contributed by atoms with Crippen molar-refractivity contribution in [1.29, 1.82) is 0 Å². The van der Waals surface area contributed by atoms with E-state index in [0.29, 0.717) is 19.0 Å². The van der Waals surface area contributed by atoms with Gasteiger partial charge in [0.05, 0.1) is 24.8 Å². The van der Waals surface area contributed by atoms with Crippen LogP contribution in [0.15, 0.2) is 0 Å². The molecule has 1 amide bonds. The van der Waals surface area contributed by atoms with E-state index in [9.17, 15) is 4.79 Å². The quantitative estimate of drug-likeness (QED) is 0.722. The second kappa shape index (κ2) is 9.49. The molecular formula is C20H35N7O2. The molecule has 0 bridgehead atoms. The van der Waals surface area contributed by atoms with Crippen LogP contribution in [0.2, 0.25) is 0 Å². The average Bonchev–Trinajstić information content (AvgIpc) is 3.46. The lowest BCUT2D eigenvalue weighted by atomic mass is 9.87. The first-order valence-electron chi connectivity index (χ1n) is 11.3. The fourth-order valence-corrected chi connectivity index (χ4v) is 5.08. The van der Waals surface area contributed by atoms with Gasteiger partial charge in [-0.25, -0.2) is 4.68 Å². The van der Waals surface area contributed by atoms with Crippen LogP contribution < -0.4 is 5.32 Å². The van der Waals surface area contributed by atoms with Crippen molar-refractivity contribution in [2.24, 2.45) is 0 Å². The maximum atomic E-state index is 12.5. The van der Waals surface area contributed by atoms with Gasteiger partial charge in [-0.05, 0) is 36.1 Å². The molecule has 2 saturated heterocycles. The third kappa shape index (κ3) is 4.62. The predicted molar refractivity (Wildman–Crippen MR) is 108 cm³/mol. The first kappa shape index (κ1) is 20.7. The van der Waals surface area contributed by atoms with E-state index in [4.69, 9.17) is 4.74 Å². The lowest BCUT2D eigenvalue weighted by Gasteiger charge is -2.43. The highest BCUT2D eigenvalue weighted by atomic mass is 16.5. The average molecular weight is 406 g/mol. The monoisotopic (exact) mass is 405 g/mol. The summed E-state index contributed by atoms with van der Waals surface area (Å²) in [6, 6.07) is 0.384. The van der Waals surface area contributed by atoms with Crippen LogP contribution in [0.25, 0.3) is 0 Å². The Hall–Kier alpha value is -1.58. The highest BCUT2D eigenvalue weighted by Crippen LogP contribution is 2.35. The Morgan fingerprint density at radius 2 is 2.00 bits per heavy atom. The van der Waals surface area contributed by atoms with Crippen molar-refractivity contribution in [3.05, 3.63) is 5.82 Å². The van der Waals surface area contributed by atoms with Crippen LogP contribution in [0.5, 0.6) is 0 Å². The Bertz CT molecular complexity index is 670. The molecule has 29 heavy (non-hydrogen) atoms. The molecule has 9 heteroatoms. The van der Waals surface area contributed by atoms with Crippen LogP contribution in [0.4, 0.5) is 0 Å². The maximum absolute atomic E-state index is 12.5. The number of aromatic nitrogens is 4. The van der Waals surface area contributed by atoms with Crippen molar-refractivity contribution in [3.8, 4) is 0 Å². The summed E-state index contributed by atoms with van der Waals surface area (Å²) in [5, 5.41) is 16.8. The van der Waals surface area contributed by atoms with E-state index in [1.165, 1.54) is 12.8 Å². The van der Waals surface area contributed by atoms with Crippen molar-refractivity contribution in [1.82, 2.24) is 35.3 Å². The molecule has 1 atom stereocenters. The van der Waals surface area contributed by atoms with Gasteiger partial charge in [0.25, 0.3) is 0 Å². The molecule has 0 unspecified atom stereocenters. The zero-order chi connectivity index (χ0) is 20.1. The van der Waals surface area contributed by atoms with E-state index in [0.717, 1.165) is 77.4 Å². The summed E-state index contributed by atoms with van der Waals surface area (Å²) in [5.74, 6) is 1.13. The second-order valence-electron chi connectivity index (χ2n) is 8.62. The van der Waals surface area contributed by atoms with E-state index < -0.39 is 0 Å². The van der Waals surface area contributed by atoms with Gasteiger partial charge in [0.1, 0.15) is 0 Å². The van der Waals surface area contributed by atoms with Gasteiger partial charge >= 0.3 is 0 Å². The van der Waals surface area contributed by atoms with Gasteiger partial charge in [0.2, 0.25) is 5.91 Å². The van der Waals surface area contributed by atoms with Crippen LogP contribution in [0.1, 0.15) is 63.7 Å². The van der Waals surface area contributed by atoms with Crippen molar-refractivity contribution in [2.45, 2.75) is 63.5 Å². The Morgan fingerprint density at radius 3 is 2.76 bits per heavy atom. The van der Waals surface area contributed by atoms with E-state index in [-0.39, 0.29) is 11.4 Å². The molecule has 1 aliphatic carbocycles. The number of likely N-dealkylation sites (tertiary alicyclic amines) is 1. The summed E-state index contributed by atoms with van der Waals surface area (Å²) in [5.41, 5.74) is -0.374. The zero-order valence-corrected chi connectivity index (χ0v) is 17.7. The first-order valence-corrected chi connectivity index (χ1v) is 11.3. The molecule has 3 fully saturated rings. The molecule has 3 heterocycles. The number of tetrazole rings is 1. The molecule has 0 aromatic carbocycles. The number of amides is 1. The van der Waals surface area contributed by atoms with Crippen molar-refractivity contribution < 1.29 is 9.53 Å². The van der Waals surface area contributed by atoms with Gasteiger partial charge in [-0.2, -0.15) is 0 Å². The van der Waals surface area contributed by atoms with E-state index in [2.05, 4.69) is 30.4 Å². The van der Waals surface area contributed by atoms with Gasteiger partial charge in [-0.1, -0.05) is 19.8 Å². The number of nitrogens with one attached hydrogen (secondary N) is 1. The van der Waals surface area contributed by atoms with Gasteiger partial charge < -0.3 is 15.0 Å². The summed E-state index contributed by atoms with van der Waals surface area (Å²) in [4.78, 5) is 16.9. The Kier molecular flexibility index (Phi) is 6.77. The minimum Gasteiger partial charge on any atom is -0.379 e. The van der Waals surface area contributed by atoms with Gasteiger partial charge in [-0.3, -0.25) is 9.69 Å². The highest BCUT2D eigenvalue weighted by molar-refractivity contribution is 5.76. The van der Waals surface area contributed by atoms with Crippen molar-refractivity contribution in [3.63, 3.8) is 0 Å². The van der Waals surface area contributed by atoms with Crippen LogP contribution >= 0.6 is 0 Å². The SMILES string of the molecule is CCC(=O)N1CCC[C@@](NCCN2CCOCC2)(c2nnnn2C2CCCC2)C1. The second-order valence-corrected chi connectivity index (χ2v) is 8.62. The number of morpholine rings is 1. The Balaban J connectivity index is 1.54. The summed E-state index contributed by atoms with van der Waals surface area (Å²) in [6.07, 6.45) is 7.21. The summed E-state index contributed by atoms with van der Waals surface area (Å²) in [7, 11) is 0. The predicted octanol–water partition coefficient (Wildman–Crippen LogP) is 0.938. The minimum atomic E-state index is -0.374. The van der Waals surface area contributed by atoms with Crippen LogP contribution in [0, 0.1) is 0 Å². The zero-order valence-electron chi connectivity index (χ0n) is 17.7. The number of hydrogen-bond acceptors (Lipinski definition) is 7. The van der Waals surface area contributed by atoms with Gasteiger partial charge in [0.15, 0.2) is 5.82 Å². The largest absolute Gasteiger partial charge is 0.379 e. The molecule has 1 saturated carbocycles. The Labute approximate surface area is 173 Å². The molecule has 0 spiro atoms. The highest BCUT2D eigenvalue weighted by Gasteiger charge is 2.43. The van der Waals surface area contributed by atoms with Crippen LogP contribution in [-0.4, -0.2) is 88.4 Å². The smallest absolute Gasteiger partial charge is 0.222 e. The maximum Gasteiger partial charge on any atom is 0.222 e. The number of hydrogen-bond donors (Lipinski definition) is 1. The fourth-order valence-electron chi connectivity index (χ4n) is 5.08. The van der Waals surface area contributed by atoms with E-state index in [1.54, 1.807) is 0 Å². The molecule has 2 aliphatic heterocycles. The molecule has 162 valence electrons. The van der Waals surface area contributed by atoms with E-state index >= 15 is 0 Å². The van der Waals surface area contributed by atoms with Gasteiger partial charge in [-0.15, -0.1) is 5.10 Å². The number of piperidine rings is 1. The van der Waals surface area contributed by atoms with Crippen molar-refractivity contribution in [2.75, 3.05) is 52.5 Å². The number of carbonyl (C=O) groups is 1. The summed E-state index contributed by atoms with van der Waals surface area (Å²) >= 11 is 0. The minimum absolute atomic E-state index is 0.212. The molecule has 3 aliphatic rings. The summed E-state index contributed by atoms with van der Waals surface area (Å²) < 4.78 is 7.53. The van der Waals surface area contributed by atoms with Crippen LogP contribution in [-0.2, 0) is 15.1 Å². The molecule has 1 N–H and O–H groups in total. The topological polar surface area (TPSA) is 88.4 Å². The normalized spacial score (nSPS) is 26.9. The summed E-state index contributed by atoms with van der Waals surface area (Å²) in [6.45, 7) is 8.81. The lowest BCUT2D eigenvalue weighted by molar-refractivity contribution is -0.133. The van der Waals surface area contributed by atoms with Gasteiger partial charge in [0, 0.05) is 45.7 Å². The van der Waals surface area contributed by atoms with Crippen molar-refractivity contribution >= 4 is 5.91 Å². The number of nitrogens with zero attached hydrogens (tertiary/aromatic N) is 6. The Morgan fingerprint density at radius 1 is 1.21 bits per heavy atom. The third-order valence-electron chi connectivity index (χ3n) is 6.73. The molecule has 1 aromatic rings.